The van der Waals surface area contributed by atoms with Crippen LogP contribution in [0.25, 0.3) is 17.0 Å². The van der Waals surface area contributed by atoms with Crippen molar-refractivity contribution in [1.29, 1.82) is 5.26 Å². The van der Waals surface area contributed by atoms with Crippen LogP contribution in [0.15, 0.2) is 69.9 Å². The lowest BCUT2D eigenvalue weighted by atomic mass is 10.1. The van der Waals surface area contributed by atoms with Gasteiger partial charge in [-0.05, 0) is 55.3 Å². The van der Waals surface area contributed by atoms with Gasteiger partial charge >= 0.3 is 11.6 Å². The van der Waals surface area contributed by atoms with Crippen LogP contribution in [0.1, 0.15) is 18.1 Å². The lowest BCUT2D eigenvalue weighted by Crippen LogP contribution is -2.28. The average molecular weight is 488 g/mol. The first-order chi connectivity index (χ1) is 17.2. The van der Waals surface area contributed by atoms with E-state index in [-0.39, 0.29) is 23.6 Å². The minimum atomic E-state index is -0.998. The Morgan fingerprint density at radius 1 is 1.19 bits per heavy atom. The van der Waals surface area contributed by atoms with E-state index in [4.69, 9.17) is 18.6 Å². The molecule has 1 heterocycles. The fourth-order valence-corrected chi connectivity index (χ4v) is 3.26. The minimum Gasteiger partial charge on any atom is -0.493 e. The number of aryl methyl sites for hydroxylation is 1. The van der Waals surface area contributed by atoms with Crippen molar-refractivity contribution >= 4 is 28.9 Å². The maximum Gasteiger partial charge on any atom is 0.352 e. The lowest BCUT2D eigenvalue weighted by molar-refractivity contribution is -0.141. The number of carbonyl (C=O) groups is 2. The summed E-state index contributed by atoms with van der Waals surface area (Å²) < 4.78 is 21.6. The Labute approximate surface area is 207 Å². The largest absolute Gasteiger partial charge is 0.493 e. The van der Waals surface area contributed by atoms with Gasteiger partial charge in [-0.15, -0.1) is 6.58 Å². The number of ether oxygens (including phenoxy) is 3. The molecule has 0 saturated carbocycles. The van der Waals surface area contributed by atoms with Gasteiger partial charge in [-0.3, -0.25) is 4.79 Å². The second kappa shape index (κ2) is 11.5. The third kappa shape index (κ3) is 6.18. The van der Waals surface area contributed by atoms with Gasteiger partial charge in [0.15, 0.2) is 17.6 Å². The van der Waals surface area contributed by atoms with E-state index in [0.29, 0.717) is 16.9 Å². The van der Waals surface area contributed by atoms with E-state index < -0.39 is 23.6 Å². The molecule has 1 atom stereocenters. The van der Waals surface area contributed by atoms with Crippen LogP contribution >= 0.6 is 0 Å². The number of carbonyl (C=O) groups excluding carboxylic acids is 2. The molecule has 9 heteroatoms. The zero-order valence-corrected chi connectivity index (χ0v) is 20.0. The summed E-state index contributed by atoms with van der Waals surface area (Å²) in [5, 5.41) is 12.6. The maximum atomic E-state index is 12.7. The number of rotatable bonds is 9. The highest BCUT2D eigenvalue weighted by molar-refractivity contribution is 6.01. The third-order valence-electron chi connectivity index (χ3n) is 5.05. The SMILES string of the molecule is C=CCNC(=O)/C(C#N)=C/c1ccc(OC(=O)C(C)Oc2ccc3c(C)cc(=O)oc3c2)c(OC)c1. The average Bonchev–Trinajstić information content (AvgIpc) is 2.86. The highest BCUT2D eigenvalue weighted by atomic mass is 16.6. The summed E-state index contributed by atoms with van der Waals surface area (Å²) in [6, 6.07) is 12.8. The molecule has 0 aliphatic carbocycles. The molecular formula is C27H24N2O7. The Morgan fingerprint density at radius 2 is 1.97 bits per heavy atom. The Balaban J connectivity index is 1.74. The van der Waals surface area contributed by atoms with Crippen LogP contribution in [-0.4, -0.2) is 31.6 Å². The molecule has 1 N–H and O–H groups in total. The molecule has 0 aliphatic rings. The number of fused-ring (bicyclic) bond motifs is 1. The normalized spacial score (nSPS) is 11.8. The Hall–Kier alpha value is -4.84. The smallest absolute Gasteiger partial charge is 0.352 e. The van der Waals surface area contributed by atoms with E-state index in [1.807, 2.05) is 6.07 Å². The van der Waals surface area contributed by atoms with E-state index in [1.54, 1.807) is 25.1 Å². The van der Waals surface area contributed by atoms with Crippen molar-refractivity contribution in [2.45, 2.75) is 20.0 Å². The Morgan fingerprint density at radius 3 is 2.67 bits per heavy atom. The first-order valence-electron chi connectivity index (χ1n) is 10.9. The molecule has 1 amide bonds. The van der Waals surface area contributed by atoms with Gasteiger partial charge in [-0.2, -0.15) is 5.26 Å². The predicted octanol–water partition coefficient (Wildman–Crippen LogP) is 3.69. The summed E-state index contributed by atoms with van der Waals surface area (Å²) in [6.07, 6.45) is 1.89. The first kappa shape index (κ1) is 25.8. The molecule has 1 aromatic heterocycles. The zero-order valence-electron chi connectivity index (χ0n) is 20.0. The second-order valence-corrected chi connectivity index (χ2v) is 7.67. The summed E-state index contributed by atoms with van der Waals surface area (Å²) in [6.45, 7) is 7.05. The van der Waals surface area contributed by atoms with E-state index in [0.717, 1.165) is 10.9 Å². The molecular weight excluding hydrogens is 464 g/mol. The Kier molecular flexibility index (Phi) is 8.26. The topological polar surface area (TPSA) is 128 Å². The highest BCUT2D eigenvalue weighted by Crippen LogP contribution is 2.30. The highest BCUT2D eigenvalue weighted by Gasteiger charge is 2.20. The summed E-state index contributed by atoms with van der Waals surface area (Å²) >= 11 is 0. The van der Waals surface area contributed by atoms with E-state index in [1.165, 1.54) is 50.5 Å². The van der Waals surface area contributed by atoms with Crippen molar-refractivity contribution in [3.63, 3.8) is 0 Å². The zero-order chi connectivity index (χ0) is 26.2. The second-order valence-electron chi connectivity index (χ2n) is 7.67. The van der Waals surface area contributed by atoms with Gasteiger partial charge in [0.1, 0.15) is 23.0 Å². The van der Waals surface area contributed by atoms with E-state index >= 15 is 0 Å². The minimum absolute atomic E-state index is 0.105. The number of nitriles is 1. The van der Waals surface area contributed by atoms with Crippen molar-refractivity contribution in [3.8, 4) is 23.3 Å². The van der Waals surface area contributed by atoms with Crippen LogP contribution in [0.3, 0.4) is 0 Å². The summed E-state index contributed by atoms with van der Waals surface area (Å²) in [7, 11) is 1.40. The van der Waals surface area contributed by atoms with Crippen LogP contribution < -0.4 is 25.2 Å². The Bertz CT molecular complexity index is 1450. The number of hydrogen-bond donors (Lipinski definition) is 1. The predicted molar refractivity (Wildman–Crippen MR) is 133 cm³/mol. The fourth-order valence-electron chi connectivity index (χ4n) is 3.26. The number of hydrogen-bond acceptors (Lipinski definition) is 8. The summed E-state index contributed by atoms with van der Waals surface area (Å²) in [4.78, 5) is 36.4. The molecule has 3 aromatic rings. The molecule has 0 radical (unpaired) electrons. The quantitative estimate of drug-likeness (QED) is 0.121. The number of nitrogens with zero attached hydrogens (tertiary/aromatic N) is 1. The molecule has 2 aromatic carbocycles. The number of methoxy groups -OCH3 is 1. The third-order valence-corrected chi connectivity index (χ3v) is 5.05. The molecule has 0 bridgehead atoms. The maximum absolute atomic E-state index is 12.7. The number of benzene rings is 2. The molecule has 0 saturated heterocycles. The molecule has 184 valence electrons. The van der Waals surface area contributed by atoms with Crippen LogP contribution in [0.4, 0.5) is 0 Å². The lowest BCUT2D eigenvalue weighted by Gasteiger charge is -2.16. The van der Waals surface area contributed by atoms with Gasteiger partial charge in [0, 0.05) is 24.1 Å². The summed E-state index contributed by atoms with van der Waals surface area (Å²) in [5.41, 5.74) is 1.03. The van der Waals surface area contributed by atoms with Crippen LogP contribution in [-0.2, 0) is 9.59 Å². The van der Waals surface area contributed by atoms with Crippen molar-refractivity contribution in [3.05, 3.63) is 82.2 Å². The number of nitrogens with one attached hydrogen (secondary N) is 1. The molecule has 3 rings (SSSR count). The summed E-state index contributed by atoms with van der Waals surface area (Å²) in [5.74, 6) is -0.558. The number of amides is 1. The van der Waals surface area contributed by atoms with Gasteiger partial charge in [0.25, 0.3) is 5.91 Å². The van der Waals surface area contributed by atoms with Gasteiger partial charge in [-0.1, -0.05) is 12.1 Å². The van der Waals surface area contributed by atoms with Crippen LogP contribution in [0, 0.1) is 18.3 Å². The van der Waals surface area contributed by atoms with Crippen molar-refractivity contribution in [2.75, 3.05) is 13.7 Å². The fraction of sp³-hybridized carbons (Fsp3) is 0.185. The molecule has 0 aliphatic heterocycles. The van der Waals surface area contributed by atoms with Crippen molar-refractivity contribution in [2.24, 2.45) is 0 Å². The van der Waals surface area contributed by atoms with Gasteiger partial charge < -0.3 is 23.9 Å². The van der Waals surface area contributed by atoms with Gasteiger partial charge in [-0.25, -0.2) is 9.59 Å². The first-order valence-corrected chi connectivity index (χ1v) is 10.9. The molecule has 0 fully saturated rings. The molecule has 1 unspecified atom stereocenters. The van der Waals surface area contributed by atoms with Gasteiger partial charge in [0.05, 0.1) is 7.11 Å². The molecule has 9 nitrogen and oxygen atoms in total. The standard InChI is InChI=1S/C27H24N2O7/c1-5-10-29-26(31)19(15-28)12-18-6-9-22(24(13-18)33-4)36-27(32)17(3)34-20-7-8-21-16(2)11-25(30)35-23(21)14-20/h5-9,11-14,17H,1,10H2,2-4H3,(H,29,31)/b19-12+. The van der Waals surface area contributed by atoms with Crippen LogP contribution in [0.5, 0.6) is 17.2 Å². The van der Waals surface area contributed by atoms with E-state index in [2.05, 4.69) is 11.9 Å². The van der Waals surface area contributed by atoms with Gasteiger partial charge in [0.2, 0.25) is 0 Å². The molecule has 36 heavy (non-hydrogen) atoms. The van der Waals surface area contributed by atoms with Crippen molar-refractivity contribution in [1.82, 2.24) is 5.32 Å². The van der Waals surface area contributed by atoms with E-state index in [9.17, 15) is 19.6 Å². The number of esters is 1. The van der Waals surface area contributed by atoms with Crippen molar-refractivity contribution < 1.29 is 28.2 Å². The van der Waals surface area contributed by atoms with Crippen LogP contribution in [0.2, 0.25) is 0 Å². The monoisotopic (exact) mass is 488 g/mol. The molecule has 0 spiro atoms.